The van der Waals surface area contributed by atoms with Crippen LogP contribution in [0.4, 0.5) is 10.1 Å². The second-order valence-corrected chi connectivity index (χ2v) is 5.23. The maximum absolute atomic E-state index is 12.9. The number of aryl methyl sites for hydroxylation is 1. The summed E-state index contributed by atoms with van der Waals surface area (Å²) >= 11 is 0. The number of halogens is 1. The molecule has 1 heterocycles. The van der Waals surface area contributed by atoms with Gasteiger partial charge >= 0.3 is 0 Å². The predicted octanol–water partition coefficient (Wildman–Crippen LogP) is 3.49. The Bertz CT molecular complexity index is 872. The van der Waals surface area contributed by atoms with Crippen LogP contribution in [-0.4, -0.2) is 22.8 Å². The van der Waals surface area contributed by atoms with Crippen molar-refractivity contribution in [1.82, 2.24) is 9.78 Å². The number of hydrogen-bond donors (Lipinski definition) is 1. The maximum atomic E-state index is 12.9. The second kappa shape index (κ2) is 6.54. The van der Waals surface area contributed by atoms with E-state index in [-0.39, 0.29) is 11.7 Å². The summed E-state index contributed by atoms with van der Waals surface area (Å²) in [6.07, 6.45) is 0. The third-order valence-electron chi connectivity index (χ3n) is 3.58. The van der Waals surface area contributed by atoms with Crippen molar-refractivity contribution in [3.63, 3.8) is 0 Å². The average molecular weight is 325 g/mol. The minimum atomic E-state index is -0.353. The fourth-order valence-electron chi connectivity index (χ4n) is 2.33. The van der Waals surface area contributed by atoms with Gasteiger partial charge in [0.05, 0.1) is 12.8 Å². The molecule has 0 atom stereocenters. The summed E-state index contributed by atoms with van der Waals surface area (Å²) in [5, 5.41) is 7.10. The van der Waals surface area contributed by atoms with Crippen molar-refractivity contribution in [2.24, 2.45) is 7.05 Å². The number of carbonyl (C=O) groups excluding carboxylic acids is 1. The topological polar surface area (TPSA) is 56.1 Å². The van der Waals surface area contributed by atoms with E-state index < -0.39 is 0 Å². The van der Waals surface area contributed by atoms with Crippen LogP contribution < -0.4 is 10.1 Å². The molecular formula is C18H16FN3O2. The molecule has 2 aromatic carbocycles. The molecule has 6 heteroatoms. The SMILES string of the molecule is COc1cccc(-c2cc(C(=O)Nc3ccc(F)cc3)n(C)n2)c1. The first-order chi connectivity index (χ1) is 11.6. The molecular weight excluding hydrogens is 309 g/mol. The van der Waals surface area contributed by atoms with Gasteiger partial charge in [0, 0.05) is 18.3 Å². The highest BCUT2D eigenvalue weighted by atomic mass is 19.1. The predicted molar refractivity (Wildman–Crippen MR) is 89.5 cm³/mol. The van der Waals surface area contributed by atoms with Crippen molar-refractivity contribution in [3.05, 3.63) is 66.1 Å². The second-order valence-electron chi connectivity index (χ2n) is 5.23. The Morgan fingerprint density at radius 2 is 1.92 bits per heavy atom. The molecule has 0 unspecified atom stereocenters. The molecule has 0 saturated heterocycles. The lowest BCUT2D eigenvalue weighted by Crippen LogP contribution is -2.15. The van der Waals surface area contributed by atoms with Crippen molar-refractivity contribution in [1.29, 1.82) is 0 Å². The Kier molecular flexibility index (Phi) is 4.29. The molecule has 122 valence electrons. The van der Waals surface area contributed by atoms with E-state index in [0.29, 0.717) is 17.1 Å². The number of aromatic nitrogens is 2. The molecule has 0 aliphatic carbocycles. The summed E-state index contributed by atoms with van der Waals surface area (Å²) in [5.74, 6) is 0.0510. The molecule has 1 aromatic heterocycles. The third-order valence-corrected chi connectivity index (χ3v) is 3.58. The molecule has 5 nitrogen and oxygen atoms in total. The lowest BCUT2D eigenvalue weighted by molar-refractivity contribution is 0.101. The molecule has 3 aromatic rings. The first kappa shape index (κ1) is 15.7. The quantitative estimate of drug-likeness (QED) is 0.799. The first-order valence-corrected chi connectivity index (χ1v) is 7.32. The number of rotatable bonds is 4. The average Bonchev–Trinajstić information content (AvgIpc) is 2.99. The van der Waals surface area contributed by atoms with Gasteiger partial charge in [0.15, 0.2) is 0 Å². The van der Waals surface area contributed by atoms with Crippen LogP contribution >= 0.6 is 0 Å². The summed E-state index contributed by atoms with van der Waals surface area (Å²) in [7, 11) is 3.29. The van der Waals surface area contributed by atoms with Crippen molar-refractivity contribution in [3.8, 4) is 17.0 Å². The molecule has 0 fully saturated rings. The summed E-state index contributed by atoms with van der Waals surface area (Å²) in [6, 6.07) is 14.8. The lowest BCUT2D eigenvalue weighted by atomic mass is 10.1. The van der Waals surface area contributed by atoms with Crippen molar-refractivity contribution < 1.29 is 13.9 Å². The molecule has 0 bridgehead atoms. The van der Waals surface area contributed by atoms with Gasteiger partial charge in [-0.05, 0) is 42.5 Å². The van der Waals surface area contributed by atoms with E-state index in [1.165, 1.54) is 28.9 Å². The minimum Gasteiger partial charge on any atom is -0.497 e. The van der Waals surface area contributed by atoms with Crippen LogP contribution in [0.1, 0.15) is 10.5 Å². The summed E-state index contributed by atoms with van der Waals surface area (Å²) < 4.78 is 19.6. The van der Waals surface area contributed by atoms with Crippen molar-refractivity contribution in [2.75, 3.05) is 12.4 Å². The zero-order valence-corrected chi connectivity index (χ0v) is 13.3. The van der Waals surface area contributed by atoms with Crippen LogP contribution in [-0.2, 0) is 7.05 Å². The molecule has 3 rings (SSSR count). The van der Waals surface area contributed by atoms with Crippen LogP contribution in [0.2, 0.25) is 0 Å². The molecule has 24 heavy (non-hydrogen) atoms. The number of methoxy groups -OCH3 is 1. The standard InChI is InChI=1S/C18H16FN3O2/c1-22-17(18(23)20-14-8-6-13(19)7-9-14)11-16(21-22)12-4-3-5-15(10-12)24-2/h3-11H,1-2H3,(H,20,23). The Morgan fingerprint density at radius 3 is 2.62 bits per heavy atom. The maximum Gasteiger partial charge on any atom is 0.273 e. The highest BCUT2D eigenvalue weighted by Gasteiger charge is 2.15. The molecule has 1 N–H and O–H groups in total. The molecule has 0 radical (unpaired) electrons. The fourth-order valence-corrected chi connectivity index (χ4v) is 2.33. The van der Waals surface area contributed by atoms with Crippen LogP contribution in [0.3, 0.4) is 0 Å². The number of anilines is 1. The van der Waals surface area contributed by atoms with Gasteiger partial charge in [0.25, 0.3) is 5.91 Å². The van der Waals surface area contributed by atoms with Gasteiger partial charge in [-0.25, -0.2) is 4.39 Å². The van der Waals surface area contributed by atoms with E-state index in [1.807, 2.05) is 24.3 Å². The van der Waals surface area contributed by atoms with E-state index in [2.05, 4.69) is 10.4 Å². The van der Waals surface area contributed by atoms with E-state index in [4.69, 9.17) is 4.74 Å². The Morgan fingerprint density at radius 1 is 1.17 bits per heavy atom. The number of hydrogen-bond acceptors (Lipinski definition) is 3. The van der Waals surface area contributed by atoms with Crippen molar-refractivity contribution in [2.45, 2.75) is 0 Å². The summed E-state index contributed by atoms with van der Waals surface area (Å²) in [5.41, 5.74) is 2.44. The van der Waals surface area contributed by atoms with E-state index in [0.717, 1.165) is 11.3 Å². The number of amides is 1. The van der Waals surface area contributed by atoms with Gasteiger partial charge in [0.2, 0.25) is 0 Å². The molecule has 0 spiro atoms. The summed E-state index contributed by atoms with van der Waals surface area (Å²) in [4.78, 5) is 12.4. The van der Waals surface area contributed by atoms with Gasteiger partial charge < -0.3 is 10.1 Å². The number of nitrogens with one attached hydrogen (secondary N) is 1. The number of nitrogens with zero attached hydrogens (tertiary/aromatic N) is 2. The Hall–Kier alpha value is -3.15. The van der Waals surface area contributed by atoms with E-state index in [1.54, 1.807) is 20.2 Å². The van der Waals surface area contributed by atoms with Crippen LogP contribution in [0.15, 0.2) is 54.6 Å². The zero-order chi connectivity index (χ0) is 17.1. The van der Waals surface area contributed by atoms with Crippen LogP contribution in [0.5, 0.6) is 5.75 Å². The normalized spacial score (nSPS) is 10.5. The molecule has 0 aliphatic heterocycles. The highest BCUT2D eigenvalue weighted by molar-refractivity contribution is 6.03. The van der Waals surface area contributed by atoms with Gasteiger partial charge in [-0.15, -0.1) is 0 Å². The van der Waals surface area contributed by atoms with Gasteiger partial charge in [-0.3, -0.25) is 9.48 Å². The number of carbonyl (C=O) groups is 1. The number of ether oxygens (including phenoxy) is 1. The molecule has 0 aliphatic rings. The molecule has 1 amide bonds. The van der Waals surface area contributed by atoms with Crippen LogP contribution in [0.25, 0.3) is 11.3 Å². The van der Waals surface area contributed by atoms with E-state index in [9.17, 15) is 9.18 Å². The minimum absolute atomic E-state index is 0.314. The van der Waals surface area contributed by atoms with Gasteiger partial charge in [-0.1, -0.05) is 12.1 Å². The number of benzene rings is 2. The van der Waals surface area contributed by atoms with E-state index >= 15 is 0 Å². The molecule has 0 saturated carbocycles. The monoisotopic (exact) mass is 325 g/mol. The van der Waals surface area contributed by atoms with Crippen molar-refractivity contribution >= 4 is 11.6 Å². The van der Waals surface area contributed by atoms with Gasteiger partial charge in [0.1, 0.15) is 17.3 Å². The largest absolute Gasteiger partial charge is 0.497 e. The summed E-state index contributed by atoms with van der Waals surface area (Å²) in [6.45, 7) is 0. The highest BCUT2D eigenvalue weighted by Crippen LogP contribution is 2.23. The zero-order valence-electron chi connectivity index (χ0n) is 13.3. The van der Waals surface area contributed by atoms with Crippen LogP contribution in [0, 0.1) is 5.82 Å². The van der Waals surface area contributed by atoms with Gasteiger partial charge in [-0.2, -0.15) is 5.10 Å². The lowest BCUT2D eigenvalue weighted by Gasteiger charge is -2.04. The Labute approximate surface area is 138 Å². The fraction of sp³-hybridized carbons (Fsp3) is 0.111. The smallest absolute Gasteiger partial charge is 0.273 e. The third kappa shape index (κ3) is 3.27. The first-order valence-electron chi connectivity index (χ1n) is 7.32. The Balaban J connectivity index is 1.85.